The third kappa shape index (κ3) is 3.80. The van der Waals surface area contributed by atoms with Crippen LogP contribution in [-0.4, -0.2) is 25.7 Å². The molecular weight excluding hydrogens is 232 g/mol. The summed E-state index contributed by atoms with van der Waals surface area (Å²) in [5.74, 6) is 0. The molecule has 1 aliphatic rings. The van der Waals surface area contributed by atoms with Gasteiger partial charge in [-0.05, 0) is 44.4 Å². The molecule has 106 valence electrons. The van der Waals surface area contributed by atoms with Gasteiger partial charge in [0, 0.05) is 24.5 Å². The topological polar surface area (TPSA) is 24.1 Å². The molecule has 0 bridgehead atoms. The van der Waals surface area contributed by atoms with Crippen molar-refractivity contribution >= 4 is 0 Å². The van der Waals surface area contributed by atoms with Crippen LogP contribution in [0, 0.1) is 13.8 Å². The van der Waals surface area contributed by atoms with Gasteiger partial charge in [-0.25, -0.2) is 0 Å². The van der Waals surface area contributed by atoms with E-state index in [0.29, 0.717) is 6.04 Å². The van der Waals surface area contributed by atoms with E-state index in [0.717, 1.165) is 13.1 Å². The molecule has 2 rings (SSSR count). The Balaban J connectivity index is 2.00. The lowest BCUT2D eigenvalue weighted by molar-refractivity contribution is 0.353. The van der Waals surface area contributed by atoms with E-state index < -0.39 is 0 Å². The Morgan fingerprint density at radius 1 is 1.32 bits per heavy atom. The number of benzene rings is 1. The second-order valence-electron chi connectivity index (χ2n) is 6.63. The van der Waals surface area contributed by atoms with Crippen LogP contribution in [0.5, 0.6) is 0 Å². The molecule has 0 saturated carbocycles. The highest BCUT2D eigenvalue weighted by atomic mass is 15.0. The Hall–Kier alpha value is -0.860. The van der Waals surface area contributed by atoms with Crippen LogP contribution < -0.4 is 10.6 Å². The van der Waals surface area contributed by atoms with E-state index >= 15 is 0 Å². The SMILES string of the molecule is Cc1ccc(C(C)(C)CNC2CCCNC2)c(C)c1. The summed E-state index contributed by atoms with van der Waals surface area (Å²) in [7, 11) is 0. The van der Waals surface area contributed by atoms with Crippen LogP contribution >= 0.6 is 0 Å². The molecule has 0 radical (unpaired) electrons. The van der Waals surface area contributed by atoms with E-state index in [-0.39, 0.29) is 5.41 Å². The fourth-order valence-electron chi connectivity index (χ4n) is 3.09. The first-order valence-electron chi connectivity index (χ1n) is 7.51. The van der Waals surface area contributed by atoms with Gasteiger partial charge in [0.05, 0.1) is 0 Å². The minimum atomic E-state index is 0.190. The smallest absolute Gasteiger partial charge is 0.0193 e. The first kappa shape index (κ1) is 14.5. The van der Waals surface area contributed by atoms with Crippen LogP contribution in [0.25, 0.3) is 0 Å². The molecule has 0 aliphatic carbocycles. The van der Waals surface area contributed by atoms with Crippen LogP contribution in [0.3, 0.4) is 0 Å². The third-order valence-corrected chi connectivity index (χ3v) is 4.24. The van der Waals surface area contributed by atoms with Crippen LogP contribution in [0.1, 0.15) is 43.4 Å². The summed E-state index contributed by atoms with van der Waals surface area (Å²) in [5.41, 5.74) is 4.42. The molecule has 1 atom stereocenters. The number of nitrogens with one attached hydrogen (secondary N) is 2. The van der Waals surface area contributed by atoms with Gasteiger partial charge in [-0.1, -0.05) is 37.6 Å². The fraction of sp³-hybridized carbons (Fsp3) is 0.647. The Bertz CT molecular complexity index is 417. The summed E-state index contributed by atoms with van der Waals surface area (Å²) in [5, 5.41) is 7.21. The number of hydrogen-bond donors (Lipinski definition) is 2. The zero-order valence-corrected chi connectivity index (χ0v) is 12.8. The predicted molar refractivity (Wildman–Crippen MR) is 82.8 cm³/mol. The summed E-state index contributed by atoms with van der Waals surface area (Å²) >= 11 is 0. The summed E-state index contributed by atoms with van der Waals surface area (Å²) in [6, 6.07) is 7.45. The molecule has 1 aromatic rings. The van der Waals surface area contributed by atoms with Crippen LogP contribution in [0.4, 0.5) is 0 Å². The van der Waals surface area contributed by atoms with Crippen molar-refractivity contribution in [3.05, 3.63) is 34.9 Å². The summed E-state index contributed by atoms with van der Waals surface area (Å²) < 4.78 is 0. The number of piperidine rings is 1. The molecule has 1 heterocycles. The molecule has 1 aromatic carbocycles. The van der Waals surface area contributed by atoms with Crippen molar-refractivity contribution in [2.24, 2.45) is 0 Å². The Kier molecular flexibility index (Phi) is 4.64. The minimum Gasteiger partial charge on any atom is -0.315 e. The molecule has 1 unspecified atom stereocenters. The molecule has 2 heteroatoms. The second-order valence-corrected chi connectivity index (χ2v) is 6.63. The van der Waals surface area contributed by atoms with E-state index in [1.807, 2.05) is 0 Å². The summed E-state index contributed by atoms with van der Waals surface area (Å²) in [6.45, 7) is 12.4. The molecule has 19 heavy (non-hydrogen) atoms. The predicted octanol–water partition coefficient (Wildman–Crippen LogP) is 2.92. The molecular formula is C17H28N2. The third-order valence-electron chi connectivity index (χ3n) is 4.24. The van der Waals surface area contributed by atoms with Gasteiger partial charge in [0.25, 0.3) is 0 Å². The van der Waals surface area contributed by atoms with Gasteiger partial charge in [-0.15, -0.1) is 0 Å². The number of rotatable bonds is 4. The average Bonchev–Trinajstić information content (AvgIpc) is 2.37. The lowest BCUT2D eigenvalue weighted by Gasteiger charge is -2.32. The van der Waals surface area contributed by atoms with E-state index in [4.69, 9.17) is 0 Å². The van der Waals surface area contributed by atoms with Crippen molar-refractivity contribution < 1.29 is 0 Å². The molecule has 2 nitrogen and oxygen atoms in total. The van der Waals surface area contributed by atoms with Gasteiger partial charge < -0.3 is 10.6 Å². The van der Waals surface area contributed by atoms with Crippen molar-refractivity contribution in [3.63, 3.8) is 0 Å². The first-order chi connectivity index (χ1) is 8.99. The zero-order valence-electron chi connectivity index (χ0n) is 12.8. The molecule has 1 saturated heterocycles. The van der Waals surface area contributed by atoms with Crippen LogP contribution in [0.15, 0.2) is 18.2 Å². The summed E-state index contributed by atoms with van der Waals surface area (Å²) in [4.78, 5) is 0. The first-order valence-corrected chi connectivity index (χ1v) is 7.51. The Labute approximate surface area is 118 Å². The minimum absolute atomic E-state index is 0.190. The number of hydrogen-bond acceptors (Lipinski definition) is 2. The number of aryl methyl sites for hydroxylation is 2. The monoisotopic (exact) mass is 260 g/mol. The van der Waals surface area contributed by atoms with Crippen molar-refractivity contribution in [2.45, 2.75) is 52.0 Å². The maximum absolute atomic E-state index is 3.74. The zero-order chi connectivity index (χ0) is 13.9. The maximum atomic E-state index is 3.74. The quantitative estimate of drug-likeness (QED) is 0.870. The normalized spacial score (nSPS) is 20.5. The maximum Gasteiger partial charge on any atom is 0.0193 e. The van der Waals surface area contributed by atoms with Crippen molar-refractivity contribution in [3.8, 4) is 0 Å². The molecule has 0 spiro atoms. The van der Waals surface area contributed by atoms with Crippen molar-refractivity contribution in [1.29, 1.82) is 0 Å². The van der Waals surface area contributed by atoms with Gasteiger partial charge >= 0.3 is 0 Å². The van der Waals surface area contributed by atoms with E-state index in [2.05, 4.69) is 56.5 Å². The summed E-state index contributed by atoms with van der Waals surface area (Å²) in [6.07, 6.45) is 2.59. The van der Waals surface area contributed by atoms with Gasteiger partial charge in [-0.2, -0.15) is 0 Å². The Morgan fingerprint density at radius 3 is 2.74 bits per heavy atom. The molecule has 1 aliphatic heterocycles. The fourth-order valence-corrected chi connectivity index (χ4v) is 3.09. The largest absolute Gasteiger partial charge is 0.315 e. The van der Waals surface area contributed by atoms with Crippen LogP contribution in [-0.2, 0) is 5.41 Å². The van der Waals surface area contributed by atoms with E-state index in [9.17, 15) is 0 Å². The lowest BCUT2D eigenvalue weighted by atomic mass is 9.81. The van der Waals surface area contributed by atoms with Gasteiger partial charge in [0.1, 0.15) is 0 Å². The van der Waals surface area contributed by atoms with Crippen molar-refractivity contribution in [2.75, 3.05) is 19.6 Å². The van der Waals surface area contributed by atoms with E-state index in [1.54, 1.807) is 0 Å². The van der Waals surface area contributed by atoms with Gasteiger partial charge in [0.2, 0.25) is 0 Å². The molecule has 0 amide bonds. The van der Waals surface area contributed by atoms with Gasteiger partial charge in [-0.3, -0.25) is 0 Å². The van der Waals surface area contributed by atoms with Gasteiger partial charge in [0.15, 0.2) is 0 Å². The average molecular weight is 260 g/mol. The molecule has 0 aromatic heterocycles. The van der Waals surface area contributed by atoms with Crippen molar-refractivity contribution in [1.82, 2.24) is 10.6 Å². The highest BCUT2D eigenvalue weighted by Crippen LogP contribution is 2.26. The highest BCUT2D eigenvalue weighted by Gasteiger charge is 2.24. The Morgan fingerprint density at radius 2 is 2.11 bits per heavy atom. The highest BCUT2D eigenvalue weighted by molar-refractivity contribution is 5.35. The van der Waals surface area contributed by atoms with Crippen LogP contribution in [0.2, 0.25) is 0 Å². The lowest BCUT2D eigenvalue weighted by Crippen LogP contribution is -2.47. The molecule has 1 fully saturated rings. The molecule has 2 N–H and O–H groups in total. The van der Waals surface area contributed by atoms with E-state index in [1.165, 1.54) is 36.1 Å². The standard InChI is InChI=1S/C17H28N2/c1-13-7-8-16(14(2)10-13)17(3,4)12-19-15-6-5-9-18-11-15/h7-8,10,15,18-19H,5-6,9,11-12H2,1-4H3. The second kappa shape index (κ2) is 6.06.